The van der Waals surface area contributed by atoms with Gasteiger partial charge in [0.2, 0.25) is 0 Å². The maximum absolute atomic E-state index is 13.7. The van der Waals surface area contributed by atoms with Gasteiger partial charge in [-0.2, -0.15) is 5.26 Å². The summed E-state index contributed by atoms with van der Waals surface area (Å²) in [6.07, 6.45) is 1.33. The highest BCUT2D eigenvalue weighted by molar-refractivity contribution is 6.10. The lowest BCUT2D eigenvalue weighted by atomic mass is 10.1. The number of anilines is 1. The van der Waals surface area contributed by atoms with E-state index in [0.717, 1.165) is 0 Å². The van der Waals surface area contributed by atoms with Gasteiger partial charge in [-0.15, -0.1) is 0 Å². The fraction of sp³-hybridized carbons (Fsp3) is 0.120. The molecular weight excluding hydrogens is 457 g/mol. The Kier molecular flexibility index (Phi) is 6.88. The van der Waals surface area contributed by atoms with Crippen LogP contribution in [0.1, 0.15) is 11.1 Å². The molecule has 0 saturated heterocycles. The lowest BCUT2D eigenvalue weighted by Crippen LogP contribution is -2.18. The zero-order chi connectivity index (χ0) is 24.8. The van der Waals surface area contributed by atoms with Gasteiger partial charge in [0.25, 0.3) is 11.6 Å². The number of nitriles is 1. The molecular formula is C25H18FN3O6. The Morgan fingerprint density at radius 2 is 1.83 bits per heavy atom. The Labute approximate surface area is 199 Å². The van der Waals surface area contributed by atoms with E-state index in [9.17, 15) is 24.6 Å². The molecule has 0 spiro atoms. The number of hydrogen-bond donors (Lipinski definition) is 1. The molecule has 1 N–H and O–H groups in total. The Balaban J connectivity index is 1.48. The molecule has 9 nitrogen and oxygen atoms in total. The van der Waals surface area contributed by atoms with Crippen LogP contribution in [0.5, 0.6) is 17.2 Å². The molecule has 1 heterocycles. The molecule has 0 fully saturated rings. The topological polar surface area (TPSA) is 124 Å². The van der Waals surface area contributed by atoms with Gasteiger partial charge in [-0.3, -0.25) is 14.9 Å². The number of halogens is 1. The largest absolute Gasteiger partial charge is 0.489 e. The van der Waals surface area contributed by atoms with E-state index in [-0.39, 0.29) is 48.4 Å². The highest BCUT2D eigenvalue weighted by atomic mass is 19.1. The second kappa shape index (κ2) is 10.4. The van der Waals surface area contributed by atoms with Gasteiger partial charge in [-0.25, -0.2) is 4.39 Å². The number of nitrogens with one attached hydrogen (secondary N) is 1. The Morgan fingerprint density at radius 1 is 1.14 bits per heavy atom. The van der Waals surface area contributed by atoms with Crippen molar-refractivity contribution in [3.05, 3.63) is 93.3 Å². The van der Waals surface area contributed by atoms with Crippen LogP contribution in [-0.2, 0) is 11.4 Å². The van der Waals surface area contributed by atoms with Gasteiger partial charge in [-0.1, -0.05) is 30.3 Å². The van der Waals surface area contributed by atoms with Crippen molar-refractivity contribution in [3.8, 4) is 23.3 Å². The number of carbonyl (C=O) groups excluding carboxylic acids is 1. The zero-order valence-electron chi connectivity index (χ0n) is 18.2. The number of nitro benzene ring substituents is 1. The van der Waals surface area contributed by atoms with Crippen LogP contribution in [0.25, 0.3) is 6.08 Å². The molecule has 1 aliphatic heterocycles. The molecule has 0 radical (unpaired) electrons. The van der Waals surface area contributed by atoms with Crippen molar-refractivity contribution in [3.63, 3.8) is 0 Å². The first-order chi connectivity index (χ1) is 16.9. The van der Waals surface area contributed by atoms with Crippen molar-refractivity contribution in [1.82, 2.24) is 0 Å². The minimum Gasteiger partial charge on any atom is -0.489 e. The Bertz CT molecular complexity index is 1350. The van der Waals surface area contributed by atoms with Crippen molar-refractivity contribution in [2.45, 2.75) is 6.61 Å². The third-order valence-corrected chi connectivity index (χ3v) is 5.01. The summed E-state index contributed by atoms with van der Waals surface area (Å²) in [5.41, 5.74) is 0.146. The van der Waals surface area contributed by atoms with E-state index < -0.39 is 16.5 Å². The summed E-state index contributed by atoms with van der Waals surface area (Å²) >= 11 is 0. The third kappa shape index (κ3) is 5.54. The van der Waals surface area contributed by atoms with E-state index in [1.807, 2.05) is 0 Å². The summed E-state index contributed by atoms with van der Waals surface area (Å²) in [6, 6.07) is 17.0. The van der Waals surface area contributed by atoms with Crippen LogP contribution < -0.4 is 19.5 Å². The lowest BCUT2D eigenvalue weighted by molar-refractivity contribution is -0.384. The average Bonchev–Trinajstić information content (AvgIpc) is 2.87. The second-order valence-electron chi connectivity index (χ2n) is 7.34. The fourth-order valence-corrected chi connectivity index (χ4v) is 3.27. The first-order valence-corrected chi connectivity index (χ1v) is 10.4. The molecule has 3 aromatic carbocycles. The van der Waals surface area contributed by atoms with E-state index in [0.29, 0.717) is 16.9 Å². The highest BCUT2D eigenvalue weighted by Gasteiger charge is 2.24. The summed E-state index contributed by atoms with van der Waals surface area (Å²) in [5, 5.41) is 23.3. The van der Waals surface area contributed by atoms with Crippen molar-refractivity contribution in [1.29, 1.82) is 5.26 Å². The molecule has 0 bridgehead atoms. The Morgan fingerprint density at radius 3 is 2.49 bits per heavy atom. The zero-order valence-corrected chi connectivity index (χ0v) is 18.2. The molecule has 1 aliphatic rings. The summed E-state index contributed by atoms with van der Waals surface area (Å²) < 4.78 is 30.1. The molecule has 0 unspecified atom stereocenters. The number of rotatable bonds is 7. The SMILES string of the molecule is N#C/C(=C\c1ccc(OCc2ccccc2F)cc1)C(=O)Nc1cc2c(cc1[N+](=O)[O-])OCCO2. The van der Waals surface area contributed by atoms with Gasteiger partial charge in [0.05, 0.1) is 11.0 Å². The highest BCUT2D eigenvalue weighted by Crippen LogP contribution is 2.39. The molecule has 0 aliphatic carbocycles. The van der Waals surface area contributed by atoms with E-state index in [1.54, 1.807) is 48.5 Å². The molecule has 4 rings (SSSR count). The summed E-state index contributed by atoms with van der Waals surface area (Å²) in [7, 11) is 0. The fourth-order valence-electron chi connectivity index (χ4n) is 3.27. The number of carbonyl (C=O) groups is 1. The molecule has 0 aromatic heterocycles. The number of nitrogens with zero attached hydrogens (tertiary/aromatic N) is 2. The predicted octanol–water partition coefficient (Wildman–Crippen LogP) is 4.63. The van der Waals surface area contributed by atoms with Gasteiger partial charge < -0.3 is 19.5 Å². The predicted molar refractivity (Wildman–Crippen MR) is 123 cm³/mol. The summed E-state index contributed by atoms with van der Waals surface area (Å²) in [5.74, 6) is -0.262. The van der Waals surface area contributed by atoms with Crippen molar-refractivity contribution in [2.75, 3.05) is 18.5 Å². The van der Waals surface area contributed by atoms with Crippen LogP contribution in [0.3, 0.4) is 0 Å². The maximum Gasteiger partial charge on any atom is 0.296 e. The molecule has 0 saturated carbocycles. The van der Waals surface area contributed by atoms with Crippen molar-refractivity contribution >= 4 is 23.4 Å². The van der Waals surface area contributed by atoms with Crippen molar-refractivity contribution < 1.29 is 28.3 Å². The first kappa shape index (κ1) is 23.3. The van der Waals surface area contributed by atoms with Crippen LogP contribution in [-0.4, -0.2) is 24.0 Å². The maximum atomic E-state index is 13.7. The summed E-state index contributed by atoms with van der Waals surface area (Å²) in [4.78, 5) is 23.5. The van der Waals surface area contributed by atoms with Crippen LogP contribution in [0.2, 0.25) is 0 Å². The van der Waals surface area contributed by atoms with Crippen LogP contribution in [0.4, 0.5) is 15.8 Å². The van der Waals surface area contributed by atoms with Crippen LogP contribution in [0, 0.1) is 27.3 Å². The molecule has 3 aromatic rings. The van der Waals surface area contributed by atoms with Gasteiger partial charge >= 0.3 is 0 Å². The molecule has 1 amide bonds. The minimum atomic E-state index is -0.827. The summed E-state index contributed by atoms with van der Waals surface area (Å²) in [6.45, 7) is 0.563. The number of fused-ring (bicyclic) bond motifs is 1. The smallest absolute Gasteiger partial charge is 0.296 e. The monoisotopic (exact) mass is 475 g/mol. The first-order valence-electron chi connectivity index (χ1n) is 10.4. The molecule has 0 atom stereocenters. The van der Waals surface area contributed by atoms with Crippen LogP contribution in [0.15, 0.2) is 66.2 Å². The van der Waals surface area contributed by atoms with Crippen molar-refractivity contribution in [2.24, 2.45) is 0 Å². The molecule has 176 valence electrons. The quantitative estimate of drug-likeness (QED) is 0.229. The lowest BCUT2D eigenvalue weighted by Gasteiger charge is -2.19. The van der Waals surface area contributed by atoms with E-state index in [1.165, 1.54) is 24.3 Å². The second-order valence-corrected chi connectivity index (χ2v) is 7.34. The van der Waals surface area contributed by atoms with Gasteiger partial charge in [-0.05, 0) is 29.8 Å². The number of amides is 1. The van der Waals surface area contributed by atoms with E-state index in [2.05, 4.69) is 5.32 Å². The van der Waals surface area contributed by atoms with E-state index in [4.69, 9.17) is 14.2 Å². The number of nitro groups is 1. The number of hydrogen-bond acceptors (Lipinski definition) is 7. The standard InChI is InChI=1S/C25H18FN3O6/c26-20-4-2-1-3-17(20)15-35-19-7-5-16(6-8-19)11-18(14-27)25(30)28-21-12-23-24(34-10-9-33-23)13-22(21)29(31)32/h1-8,11-13H,9-10,15H2,(H,28,30)/b18-11+. The molecule has 10 heteroatoms. The normalized spacial score (nSPS) is 12.4. The third-order valence-electron chi connectivity index (χ3n) is 5.01. The van der Waals surface area contributed by atoms with Gasteiger partial charge in [0.15, 0.2) is 11.5 Å². The molecule has 35 heavy (non-hydrogen) atoms. The Hall–Kier alpha value is -4.91. The van der Waals surface area contributed by atoms with E-state index >= 15 is 0 Å². The number of ether oxygens (including phenoxy) is 3. The van der Waals surface area contributed by atoms with Crippen LogP contribution >= 0.6 is 0 Å². The van der Waals surface area contributed by atoms with Gasteiger partial charge in [0.1, 0.15) is 48.7 Å². The minimum absolute atomic E-state index is 0.0437. The number of benzene rings is 3. The van der Waals surface area contributed by atoms with Gasteiger partial charge in [0, 0.05) is 11.6 Å². The average molecular weight is 475 g/mol.